The van der Waals surface area contributed by atoms with Crippen LogP contribution in [-0.2, 0) is 11.2 Å². The molecule has 0 saturated carbocycles. The first-order valence-electron chi connectivity index (χ1n) is 14.0. The predicted molar refractivity (Wildman–Crippen MR) is 159 cm³/mol. The number of carbonyl (C=O) groups is 2. The van der Waals surface area contributed by atoms with E-state index in [-0.39, 0.29) is 11.8 Å². The minimum absolute atomic E-state index is 0.0166. The molecule has 0 bridgehead atoms. The van der Waals surface area contributed by atoms with Crippen LogP contribution in [0.5, 0.6) is 5.75 Å². The lowest BCUT2D eigenvalue weighted by atomic mass is 10.1. The van der Waals surface area contributed by atoms with Gasteiger partial charge in [0.1, 0.15) is 5.75 Å². The third-order valence-electron chi connectivity index (χ3n) is 7.12. The van der Waals surface area contributed by atoms with Crippen molar-refractivity contribution in [1.29, 1.82) is 0 Å². The Morgan fingerprint density at radius 3 is 2.26 bits per heavy atom. The number of hydrogen-bond donors (Lipinski definition) is 2. The molecule has 7 heteroatoms. The molecule has 2 amide bonds. The number of anilines is 3. The van der Waals surface area contributed by atoms with Gasteiger partial charge in [-0.05, 0) is 48.7 Å². The molecule has 1 fully saturated rings. The smallest absolute Gasteiger partial charge is 0.253 e. The average molecular weight is 529 g/mol. The van der Waals surface area contributed by atoms with Gasteiger partial charge >= 0.3 is 0 Å². The van der Waals surface area contributed by atoms with E-state index in [1.807, 2.05) is 54.6 Å². The molecule has 4 rings (SSSR count). The minimum Gasteiger partial charge on any atom is -0.495 e. The number of carbonyl (C=O) groups excluding carboxylic acids is 2. The number of nitrogens with zero attached hydrogens (tertiary/aromatic N) is 2. The van der Waals surface area contributed by atoms with Crippen molar-refractivity contribution in [3.05, 3.63) is 83.9 Å². The lowest BCUT2D eigenvalue weighted by Crippen LogP contribution is -2.47. The van der Waals surface area contributed by atoms with Crippen molar-refractivity contribution in [1.82, 2.24) is 5.32 Å². The highest BCUT2D eigenvalue weighted by molar-refractivity contribution is 6.02. The zero-order chi connectivity index (χ0) is 27.5. The van der Waals surface area contributed by atoms with E-state index in [4.69, 9.17) is 4.74 Å². The van der Waals surface area contributed by atoms with E-state index < -0.39 is 0 Å². The number of rotatable bonds is 12. The van der Waals surface area contributed by atoms with E-state index in [1.165, 1.54) is 5.56 Å². The van der Waals surface area contributed by atoms with Crippen LogP contribution in [-0.4, -0.2) is 51.6 Å². The standard InChI is InChI=1S/C32H40N4O3/c1-3-4-6-15-31(37)34-26-16-17-28(27(24-26)32(38)33-19-18-25-11-7-5-8-12-25)35-20-22-36(23-21-35)29-13-9-10-14-30(29)39-2/h5,7-14,16-17,24H,3-4,6,15,18-23H2,1-2H3,(H,33,38)(H,34,37). The number of hydrogen-bond acceptors (Lipinski definition) is 5. The number of para-hydroxylation sites is 2. The summed E-state index contributed by atoms with van der Waals surface area (Å²) in [6.45, 7) is 5.82. The Kier molecular flexibility index (Phi) is 10.2. The van der Waals surface area contributed by atoms with Gasteiger partial charge in [0.25, 0.3) is 5.91 Å². The van der Waals surface area contributed by atoms with Crippen LogP contribution in [0.4, 0.5) is 17.1 Å². The first-order chi connectivity index (χ1) is 19.1. The Morgan fingerprint density at radius 2 is 1.54 bits per heavy atom. The highest BCUT2D eigenvalue weighted by Gasteiger charge is 2.24. The molecule has 206 valence electrons. The fourth-order valence-electron chi connectivity index (χ4n) is 4.97. The number of benzene rings is 3. The van der Waals surface area contributed by atoms with Crippen LogP contribution in [0.1, 0.15) is 48.5 Å². The molecular weight excluding hydrogens is 488 g/mol. The second-order valence-corrected chi connectivity index (χ2v) is 9.87. The van der Waals surface area contributed by atoms with Crippen molar-refractivity contribution < 1.29 is 14.3 Å². The molecule has 39 heavy (non-hydrogen) atoms. The summed E-state index contributed by atoms with van der Waals surface area (Å²) in [7, 11) is 1.70. The second kappa shape index (κ2) is 14.2. The summed E-state index contributed by atoms with van der Waals surface area (Å²) < 4.78 is 5.56. The van der Waals surface area contributed by atoms with Crippen LogP contribution in [0, 0.1) is 0 Å². The molecule has 0 aromatic heterocycles. The summed E-state index contributed by atoms with van der Waals surface area (Å²) in [5, 5.41) is 6.08. The molecule has 3 aromatic carbocycles. The topological polar surface area (TPSA) is 73.9 Å². The summed E-state index contributed by atoms with van der Waals surface area (Å²) in [6.07, 6.45) is 4.21. The van der Waals surface area contributed by atoms with Crippen LogP contribution in [0.3, 0.4) is 0 Å². The van der Waals surface area contributed by atoms with Gasteiger partial charge in [-0.15, -0.1) is 0 Å². The molecule has 1 aliphatic heterocycles. The zero-order valence-electron chi connectivity index (χ0n) is 23.1. The second-order valence-electron chi connectivity index (χ2n) is 9.87. The van der Waals surface area contributed by atoms with Crippen molar-refractivity contribution in [2.24, 2.45) is 0 Å². The van der Waals surface area contributed by atoms with Gasteiger partial charge in [0.05, 0.1) is 18.4 Å². The summed E-state index contributed by atoms with van der Waals surface area (Å²) in [5.41, 5.74) is 4.38. The highest BCUT2D eigenvalue weighted by Crippen LogP contribution is 2.31. The number of unbranched alkanes of at least 4 members (excludes halogenated alkanes) is 2. The summed E-state index contributed by atoms with van der Waals surface area (Å²) in [4.78, 5) is 30.5. The molecule has 0 aliphatic carbocycles. The minimum atomic E-state index is -0.129. The van der Waals surface area contributed by atoms with E-state index in [9.17, 15) is 9.59 Å². The van der Waals surface area contributed by atoms with Gasteiger partial charge in [0.15, 0.2) is 0 Å². The molecule has 0 unspecified atom stereocenters. The van der Waals surface area contributed by atoms with Gasteiger partial charge in [-0.1, -0.05) is 62.2 Å². The number of nitrogens with one attached hydrogen (secondary N) is 2. The quantitative estimate of drug-likeness (QED) is 0.303. The highest BCUT2D eigenvalue weighted by atomic mass is 16.5. The molecule has 1 heterocycles. The number of methoxy groups -OCH3 is 1. The maximum atomic E-state index is 13.4. The first-order valence-corrected chi connectivity index (χ1v) is 14.0. The fourth-order valence-corrected chi connectivity index (χ4v) is 4.97. The van der Waals surface area contributed by atoms with Gasteiger partial charge in [-0.25, -0.2) is 0 Å². The maximum Gasteiger partial charge on any atom is 0.253 e. The van der Waals surface area contributed by atoms with Crippen molar-refractivity contribution >= 4 is 28.9 Å². The average Bonchev–Trinajstić information content (AvgIpc) is 2.98. The van der Waals surface area contributed by atoms with Crippen LogP contribution < -0.4 is 25.2 Å². The maximum absolute atomic E-state index is 13.4. The molecule has 1 saturated heterocycles. The van der Waals surface area contributed by atoms with Crippen molar-refractivity contribution in [3.8, 4) is 5.75 Å². The molecule has 0 spiro atoms. The third-order valence-corrected chi connectivity index (χ3v) is 7.12. The molecule has 3 aromatic rings. The lowest BCUT2D eigenvalue weighted by Gasteiger charge is -2.38. The van der Waals surface area contributed by atoms with Gasteiger partial charge in [-0.3, -0.25) is 9.59 Å². The van der Waals surface area contributed by atoms with E-state index in [2.05, 4.69) is 45.6 Å². The van der Waals surface area contributed by atoms with E-state index >= 15 is 0 Å². The molecule has 1 aliphatic rings. The monoisotopic (exact) mass is 528 g/mol. The van der Waals surface area contributed by atoms with Crippen molar-refractivity contribution in [2.45, 2.75) is 39.0 Å². The van der Waals surface area contributed by atoms with Crippen LogP contribution in [0.25, 0.3) is 0 Å². The Bertz CT molecular complexity index is 1220. The van der Waals surface area contributed by atoms with E-state index in [0.29, 0.717) is 24.2 Å². The third kappa shape index (κ3) is 7.76. The molecule has 0 radical (unpaired) electrons. The first kappa shape index (κ1) is 28.0. The molecule has 7 nitrogen and oxygen atoms in total. The molecular formula is C32H40N4O3. The Labute approximate surface area is 232 Å². The Balaban J connectivity index is 1.47. The lowest BCUT2D eigenvalue weighted by molar-refractivity contribution is -0.116. The predicted octanol–water partition coefficient (Wildman–Crippen LogP) is 5.51. The molecule has 2 N–H and O–H groups in total. The van der Waals surface area contributed by atoms with E-state index in [1.54, 1.807) is 7.11 Å². The van der Waals surface area contributed by atoms with Crippen LogP contribution >= 0.6 is 0 Å². The molecule has 0 atom stereocenters. The van der Waals surface area contributed by atoms with Crippen LogP contribution in [0.15, 0.2) is 72.8 Å². The summed E-state index contributed by atoms with van der Waals surface area (Å²) >= 11 is 0. The normalized spacial score (nSPS) is 13.2. The summed E-state index contributed by atoms with van der Waals surface area (Å²) in [6, 6.07) is 23.9. The number of ether oxygens (including phenoxy) is 1. The van der Waals surface area contributed by atoms with E-state index in [0.717, 1.165) is 69.0 Å². The SMILES string of the molecule is CCCCCC(=O)Nc1ccc(N2CCN(c3ccccc3OC)CC2)c(C(=O)NCCc2ccccc2)c1. The largest absolute Gasteiger partial charge is 0.495 e. The van der Waals surface area contributed by atoms with Gasteiger partial charge < -0.3 is 25.2 Å². The van der Waals surface area contributed by atoms with Gasteiger partial charge in [0.2, 0.25) is 5.91 Å². The summed E-state index contributed by atoms with van der Waals surface area (Å²) in [5.74, 6) is 0.718. The Hall–Kier alpha value is -4.00. The van der Waals surface area contributed by atoms with Gasteiger partial charge in [0, 0.05) is 50.5 Å². The number of piperazine rings is 1. The Morgan fingerprint density at radius 1 is 0.846 bits per heavy atom. The van der Waals surface area contributed by atoms with Crippen LogP contribution in [0.2, 0.25) is 0 Å². The van der Waals surface area contributed by atoms with Crippen molar-refractivity contribution in [2.75, 3.05) is 55.0 Å². The fraction of sp³-hybridized carbons (Fsp3) is 0.375. The number of amides is 2. The zero-order valence-corrected chi connectivity index (χ0v) is 23.1. The van der Waals surface area contributed by atoms with Crippen molar-refractivity contribution in [3.63, 3.8) is 0 Å². The van der Waals surface area contributed by atoms with Gasteiger partial charge in [-0.2, -0.15) is 0 Å².